The summed E-state index contributed by atoms with van der Waals surface area (Å²) < 4.78 is 2.40. The van der Waals surface area contributed by atoms with E-state index in [1.54, 1.807) is 0 Å². The van der Waals surface area contributed by atoms with E-state index in [4.69, 9.17) is 9.90 Å². The molecule has 3 heteroatoms. The Morgan fingerprint density at radius 1 is 0.950 bits per heavy atom. The SMILES string of the molecule is CCCCCCC(CCCC)[n+]1ccccc1.O=C[O-]. The Hall–Kier alpha value is -1.38. The third-order valence-electron chi connectivity index (χ3n) is 3.44. The average molecular weight is 279 g/mol. The number of aromatic nitrogens is 1. The van der Waals surface area contributed by atoms with Crippen LogP contribution in [-0.4, -0.2) is 6.47 Å². The second kappa shape index (κ2) is 14.0. The quantitative estimate of drug-likeness (QED) is 0.396. The third kappa shape index (κ3) is 9.54. The normalized spacial score (nSPS) is 11.3. The molecular formula is C17H29NO2. The molecule has 0 aliphatic carbocycles. The molecule has 0 aliphatic heterocycles. The fourth-order valence-electron chi connectivity index (χ4n) is 2.34. The second-order valence-corrected chi connectivity index (χ2v) is 5.06. The predicted molar refractivity (Wildman–Crippen MR) is 80.0 cm³/mol. The number of carbonyl (C=O) groups excluding carboxylic acids is 1. The minimum absolute atomic E-state index is 0.500. The van der Waals surface area contributed by atoms with E-state index >= 15 is 0 Å². The predicted octanol–water partition coefficient (Wildman–Crippen LogP) is 3.04. The zero-order chi connectivity index (χ0) is 15.1. The lowest BCUT2D eigenvalue weighted by molar-refractivity contribution is -0.724. The molecule has 0 radical (unpaired) electrons. The first-order chi connectivity index (χ1) is 9.79. The van der Waals surface area contributed by atoms with E-state index < -0.39 is 6.47 Å². The summed E-state index contributed by atoms with van der Waals surface area (Å²) in [6.45, 7) is 4.06. The lowest BCUT2D eigenvalue weighted by Crippen LogP contribution is -2.38. The first-order valence-corrected chi connectivity index (χ1v) is 7.81. The van der Waals surface area contributed by atoms with Gasteiger partial charge in [0.2, 0.25) is 0 Å². The molecule has 1 unspecified atom stereocenters. The van der Waals surface area contributed by atoms with Crippen molar-refractivity contribution < 1.29 is 14.5 Å². The van der Waals surface area contributed by atoms with Gasteiger partial charge in [-0.05, 0) is 12.8 Å². The number of hydrogen-bond acceptors (Lipinski definition) is 2. The van der Waals surface area contributed by atoms with Crippen molar-refractivity contribution in [1.29, 1.82) is 0 Å². The van der Waals surface area contributed by atoms with E-state index in [-0.39, 0.29) is 0 Å². The molecule has 1 aromatic heterocycles. The third-order valence-corrected chi connectivity index (χ3v) is 3.44. The number of nitrogens with zero attached hydrogens (tertiary/aromatic N) is 1. The summed E-state index contributed by atoms with van der Waals surface area (Å²) in [6.07, 6.45) is 15.3. The number of rotatable bonds is 9. The number of carboxylic acid groups (broad SMARTS) is 1. The van der Waals surface area contributed by atoms with Gasteiger partial charge in [0.05, 0.1) is 0 Å². The van der Waals surface area contributed by atoms with Crippen molar-refractivity contribution in [1.82, 2.24) is 0 Å². The zero-order valence-electron chi connectivity index (χ0n) is 13.0. The molecule has 1 rings (SSSR count). The zero-order valence-corrected chi connectivity index (χ0v) is 13.0. The monoisotopic (exact) mass is 279 g/mol. The van der Waals surface area contributed by atoms with Crippen LogP contribution in [0.2, 0.25) is 0 Å². The summed E-state index contributed by atoms with van der Waals surface area (Å²) >= 11 is 0. The van der Waals surface area contributed by atoms with Crippen LogP contribution in [0.4, 0.5) is 0 Å². The number of hydrogen-bond donors (Lipinski definition) is 0. The molecule has 3 nitrogen and oxygen atoms in total. The highest BCUT2D eigenvalue weighted by atomic mass is 16.3. The van der Waals surface area contributed by atoms with Gasteiger partial charge in [0.1, 0.15) is 0 Å². The van der Waals surface area contributed by atoms with Crippen molar-refractivity contribution in [3.63, 3.8) is 0 Å². The molecule has 0 aliphatic rings. The van der Waals surface area contributed by atoms with Crippen LogP contribution in [0.3, 0.4) is 0 Å². The van der Waals surface area contributed by atoms with Crippen LogP contribution in [0.1, 0.15) is 71.3 Å². The summed E-state index contributed by atoms with van der Waals surface area (Å²) in [6, 6.07) is 7.11. The molecule has 0 saturated carbocycles. The van der Waals surface area contributed by atoms with Gasteiger partial charge in [-0.2, -0.15) is 0 Å². The Labute approximate surface area is 123 Å². The van der Waals surface area contributed by atoms with Gasteiger partial charge in [-0.3, -0.25) is 0 Å². The lowest BCUT2D eigenvalue weighted by Gasteiger charge is -2.11. The first-order valence-electron chi connectivity index (χ1n) is 7.81. The lowest BCUT2D eigenvalue weighted by atomic mass is 10.0. The molecule has 0 spiro atoms. The van der Waals surface area contributed by atoms with Crippen LogP contribution >= 0.6 is 0 Å². The number of pyridine rings is 1. The van der Waals surface area contributed by atoms with Gasteiger partial charge in [-0.1, -0.05) is 45.6 Å². The number of carbonyl (C=O) groups is 1. The van der Waals surface area contributed by atoms with Crippen LogP contribution in [-0.2, 0) is 4.79 Å². The fourth-order valence-corrected chi connectivity index (χ4v) is 2.34. The van der Waals surface area contributed by atoms with Crippen LogP contribution < -0.4 is 9.67 Å². The highest BCUT2D eigenvalue weighted by molar-refractivity contribution is 5.29. The molecule has 1 atom stereocenters. The molecule has 0 amide bonds. The standard InChI is InChI=1S/C16H28N.CH2O2/c1-3-5-7-9-13-16(12-6-4-2)17-14-10-8-11-15-17;2-1-3/h8,10-11,14-16H,3-7,9,12-13H2,1-2H3;1H,(H,2,3)/q+1;/p-1. The van der Waals surface area contributed by atoms with Gasteiger partial charge in [0, 0.05) is 31.4 Å². The minimum Gasteiger partial charge on any atom is -0.554 e. The molecule has 0 bridgehead atoms. The molecule has 0 N–H and O–H groups in total. The van der Waals surface area contributed by atoms with E-state index in [2.05, 4.69) is 49.0 Å². The van der Waals surface area contributed by atoms with E-state index in [0.29, 0.717) is 6.04 Å². The van der Waals surface area contributed by atoms with Gasteiger partial charge >= 0.3 is 0 Å². The highest BCUT2D eigenvalue weighted by Gasteiger charge is 2.16. The average Bonchev–Trinajstić information content (AvgIpc) is 2.48. The molecule has 1 heterocycles. The Balaban J connectivity index is 0.00000110. The van der Waals surface area contributed by atoms with Crippen molar-refractivity contribution in [2.75, 3.05) is 0 Å². The van der Waals surface area contributed by atoms with Crippen molar-refractivity contribution in [3.05, 3.63) is 30.6 Å². The number of unbranched alkanes of at least 4 members (excludes halogenated alkanes) is 4. The Morgan fingerprint density at radius 3 is 2.05 bits per heavy atom. The highest BCUT2D eigenvalue weighted by Crippen LogP contribution is 2.17. The van der Waals surface area contributed by atoms with E-state index in [0.717, 1.165) is 0 Å². The smallest absolute Gasteiger partial charge is 0.169 e. The van der Waals surface area contributed by atoms with Crippen molar-refractivity contribution in [2.45, 2.75) is 71.3 Å². The van der Waals surface area contributed by atoms with Gasteiger partial charge in [-0.25, -0.2) is 4.57 Å². The van der Waals surface area contributed by atoms with Crippen LogP contribution in [0.5, 0.6) is 0 Å². The van der Waals surface area contributed by atoms with E-state index in [1.807, 2.05) is 0 Å². The van der Waals surface area contributed by atoms with Gasteiger partial charge in [0.15, 0.2) is 18.4 Å². The van der Waals surface area contributed by atoms with Crippen LogP contribution in [0.25, 0.3) is 0 Å². The molecule has 114 valence electrons. The Kier molecular flexibility index (Phi) is 13.1. The summed E-state index contributed by atoms with van der Waals surface area (Å²) in [4.78, 5) is 8.25. The molecule has 0 saturated heterocycles. The molecule has 20 heavy (non-hydrogen) atoms. The first kappa shape index (κ1) is 18.6. The maximum Gasteiger partial charge on any atom is 0.169 e. The molecule has 0 aromatic carbocycles. The summed E-state index contributed by atoms with van der Waals surface area (Å²) in [5.74, 6) is 0. The maximum atomic E-state index is 8.25. The van der Waals surface area contributed by atoms with E-state index in [9.17, 15) is 0 Å². The largest absolute Gasteiger partial charge is 0.554 e. The Bertz CT molecular complexity index is 314. The second-order valence-electron chi connectivity index (χ2n) is 5.06. The van der Waals surface area contributed by atoms with Crippen molar-refractivity contribution in [2.24, 2.45) is 0 Å². The molecular weight excluding hydrogens is 250 g/mol. The van der Waals surface area contributed by atoms with Gasteiger partial charge in [-0.15, -0.1) is 0 Å². The topological polar surface area (TPSA) is 44.0 Å². The van der Waals surface area contributed by atoms with Crippen molar-refractivity contribution >= 4 is 6.47 Å². The maximum absolute atomic E-state index is 8.25. The minimum atomic E-state index is -0.500. The molecule has 0 fully saturated rings. The summed E-state index contributed by atoms with van der Waals surface area (Å²) in [5, 5.41) is 8.25. The fraction of sp³-hybridized carbons (Fsp3) is 0.647. The van der Waals surface area contributed by atoms with E-state index in [1.165, 1.54) is 51.4 Å². The molecule has 1 aromatic rings. The van der Waals surface area contributed by atoms with Gasteiger partial charge in [0.25, 0.3) is 0 Å². The Morgan fingerprint density at radius 2 is 1.50 bits per heavy atom. The van der Waals surface area contributed by atoms with Crippen LogP contribution in [0, 0.1) is 0 Å². The summed E-state index contributed by atoms with van der Waals surface area (Å²) in [7, 11) is 0. The van der Waals surface area contributed by atoms with Crippen LogP contribution in [0.15, 0.2) is 30.6 Å². The van der Waals surface area contributed by atoms with Gasteiger partial charge < -0.3 is 9.90 Å². The summed E-state index contributed by atoms with van der Waals surface area (Å²) in [5.41, 5.74) is 0. The van der Waals surface area contributed by atoms with Crippen molar-refractivity contribution in [3.8, 4) is 0 Å².